The van der Waals surface area contributed by atoms with E-state index in [-0.39, 0.29) is 11.7 Å². The summed E-state index contributed by atoms with van der Waals surface area (Å²) in [5.74, 6) is -0.413. The molecular formula is C15H12ClFN2O3S. The maximum Gasteiger partial charge on any atom is 0.246 e. The Morgan fingerprint density at radius 2 is 2.09 bits per heavy atom. The molecule has 23 heavy (non-hydrogen) atoms. The topological polar surface area (TPSA) is 63.4 Å². The normalized spacial score (nSPS) is 12.2. The fourth-order valence-corrected chi connectivity index (χ4v) is 3.54. The van der Waals surface area contributed by atoms with Crippen LogP contribution in [0, 0.1) is 5.82 Å². The van der Waals surface area contributed by atoms with Crippen molar-refractivity contribution in [1.29, 1.82) is 0 Å². The number of benzene rings is 1. The summed E-state index contributed by atoms with van der Waals surface area (Å²) >= 11 is 5.76. The Morgan fingerprint density at radius 1 is 1.30 bits per heavy atom. The summed E-state index contributed by atoms with van der Waals surface area (Å²) in [6.07, 6.45) is 1.45. The Bertz CT molecular complexity index is 958. The Morgan fingerprint density at radius 3 is 2.78 bits per heavy atom. The summed E-state index contributed by atoms with van der Waals surface area (Å²) in [4.78, 5) is 3.55. The van der Waals surface area contributed by atoms with E-state index >= 15 is 0 Å². The van der Waals surface area contributed by atoms with E-state index in [9.17, 15) is 12.8 Å². The minimum Gasteiger partial charge on any atom is -0.468 e. The molecule has 120 valence electrons. The molecule has 3 aromatic rings. The molecule has 0 radical (unpaired) electrons. The van der Waals surface area contributed by atoms with E-state index in [4.69, 9.17) is 16.0 Å². The summed E-state index contributed by atoms with van der Waals surface area (Å²) in [5, 5.41) is 0.697. The van der Waals surface area contributed by atoms with Gasteiger partial charge in [-0.2, -0.15) is 4.31 Å². The van der Waals surface area contributed by atoms with Gasteiger partial charge in [-0.05, 0) is 30.3 Å². The summed E-state index contributed by atoms with van der Waals surface area (Å²) < 4.78 is 45.6. The average molecular weight is 355 g/mol. The second kappa shape index (κ2) is 5.92. The number of hydrogen-bond donors (Lipinski definition) is 0. The average Bonchev–Trinajstić information content (AvgIpc) is 2.99. The van der Waals surface area contributed by atoms with E-state index in [1.165, 1.54) is 25.4 Å². The maximum absolute atomic E-state index is 14.3. The molecule has 0 aliphatic carbocycles. The van der Waals surface area contributed by atoms with Crippen molar-refractivity contribution >= 4 is 32.5 Å². The van der Waals surface area contributed by atoms with Crippen molar-refractivity contribution in [1.82, 2.24) is 9.29 Å². The molecule has 0 atom stereocenters. The minimum absolute atomic E-state index is 0.00563. The lowest BCUT2D eigenvalue weighted by atomic mass is 10.2. The summed E-state index contributed by atoms with van der Waals surface area (Å²) in [7, 11) is -2.65. The highest BCUT2D eigenvalue weighted by Crippen LogP contribution is 2.25. The molecule has 8 heteroatoms. The van der Waals surface area contributed by atoms with Crippen molar-refractivity contribution < 1.29 is 17.2 Å². The SMILES string of the molecule is CN(Cc1ccco1)S(=O)(=O)c1cc2ccc(Cl)nc2cc1F. The highest BCUT2D eigenvalue weighted by atomic mass is 35.5. The molecule has 2 aromatic heterocycles. The summed E-state index contributed by atoms with van der Waals surface area (Å²) in [5.41, 5.74) is 0.294. The predicted molar refractivity (Wildman–Crippen MR) is 84.1 cm³/mol. The van der Waals surface area contributed by atoms with Gasteiger partial charge in [0.05, 0.1) is 18.3 Å². The van der Waals surface area contributed by atoms with Crippen molar-refractivity contribution in [2.75, 3.05) is 7.05 Å². The molecule has 1 aromatic carbocycles. The van der Waals surface area contributed by atoms with Crippen LogP contribution in [0.1, 0.15) is 5.76 Å². The smallest absolute Gasteiger partial charge is 0.246 e. The van der Waals surface area contributed by atoms with Crippen LogP contribution in [-0.2, 0) is 16.6 Å². The van der Waals surface area contributed by atoms with Crippen molar-refractivity contribution in [3.05, 3.63) is 59.4 Å². The zero-order chi connectivity index (χ0) is 16.6. The third-order valence-electron chi connectivity index (χ3n) is 3.36. The first-order valence-electron chi connectivity index (χ1n) is 6.62. The fraction of sp³-hybridized carbons (Fsp3) is 0.133. The molecule has 0 amide bonds. The predicted octanol–water partition coefficient (Wildman–Crippen LogP) is 3.44. The van der Waals surface area contributed by atoms with Crippen LogP contribution < -0.4 is 0 Å². The van der Waals surface area contributed by atoms with Gasteiger partial charge in [0.25, 0.3) is 0 Å². The third kappa shape index (κ3) is 3.08. The largest absolute Gasteiger partial charge is 0.468 e. The van der Waals surface area contributed by atoms with E-state index in [1.807, 2.05) is 0 Å². The Labute approximate surface area is 137 Å². The number of halogens is 2. The molecule has 0 fully saturated rings. The molecule has 0 N–H and O–H groups in total. The summed E-state index contributed by atoms with van der Waals surface area (Å²) in [6, 6.07) is 8.73. The van der Waals surface area contributed by atoms with Gasteiger partial charge in [0.1, 0.15) is 21.6 Å². The van der Waals surface area contributed by atoms with E-state index in [1.54, 1.807) is 18.2 Å². The lowest BCUT2D eigenvalue weighted by Gasteiger charge is -2.16. The second-order valence-electron chi connectivity index (χ2n) is 4.95. The zero-order valence-corrected chi connectivity index (χ0v) is 13.6. The van der Waals surface area contributed by atoms with E-state index in [2.05, 4.69) is 4.98 Å². The van der Waals surface area contributed by atoms with Gasteiger partial charge in [-0.1, -0.05) is 11.6 Å². The Kier molecular flexibility index (Phi) is 4.09. The number of pyridine rings is 1. The third-order valence-corrected chi connectivity index (χ3v) is 5.38. The minimum atomic E-state index is -4.01. The Hall–Kier alpha value is -1.96. The molecule has 0 spiro atoms. The molecule has 2 heterocycles. The molecular weight excluding hydrogens is 343 g/mol. The van der Waals surface area contributed by atoms with Gasteiger partial charge in [-0.15, -0.1) is 0 Å². The van der Waals surface area contributed by atoms with Gasteiger partial charge in [-0.3, -0.25) is 0 Å². The second-order valence-corrected chi connectivity index (χ2v) is 7.35. The Balaban J connectivity index is 2.03. The monoisotopic (exact) mass is 354 g/mol. The van der Waals surface area contributed by atoms with Crippen LogP contribution >= 0.6 is 11.6 Å². The standard InChI is InChI=1S/C15H12ClFN2O3S/c1-19(9-11-3-2-6-22-11)23(20,21)14-7-10-4-5-15(16)18-13(10)8-12(14)17/h2-8H,9H2,1H3. The quantitative estimate of drug-likeness (QED) is 0.673. The molecule has 5 nitrogen and oxygen atoms in total. The number of furan rings is 1. The summed E-state index contributed by atoms with van der Waals surface area (Å²) in [6.45, 7) is 0.00563. The lowest BCUT2D eigenvalue weighted by Crippen LogP contribution is -2.27. The van der Waals surface area contributed by atoms with E-state index in [0.29, 0.717) is 16.7 Å². The maximum atomic E-state index is 14.3. The van der Waals surface area contributed by atoms with Crippen molar-refractivity contribution in [3.63, 3.8) is 0 Å². The van der Waals surface area contributed by atoms with E-state index in [0.717, 1.165) is 10.4 Å². The highest BCUT2D eigenvalue weighted by Gasteiger charge is 2.26. The highest BCUT2D eigenvalue weighted by molar-refractivity contribution is 7.89. The molecule has 0 bridgehead atoms. The van der Waals surface area contributed by atoms with Gasteiger partial charge >= 0.3 is 0 Å². The van der Waals surface area contributed by atoms with Crippen LogP contribution in [0.25, 0.3) is 10.9 Å². The number of aromatic nitrogens is 1. The molecule has 0 unspecified atom stereocenters. The number of fused-ring (bicyclic) bond motifs is 1. The number of sulfonamides is 1. The van der Waals surface area contributed by atoms with Gasteiger partial charge in [0.15, 0.2) is 0 Å². The molecule has 0 saturated heterocycles. The number of hydrogen-bond acceptors (Lipinski definition) is 4. The van der Waals surface area contributed by atoms with Gasteiger partial charge in [-0.25, -0.2) is 17.8 Å². The molecule has 0 aliphatic rings. The number of nitrogens with zero attached hydrogens (tertiary/aromatic N) is 2. The molecule has 0 aliphatic heterocycles. The van der Waals surface area contributed by atoms with Crippen LogP contribution in [0.15, 0.2) is 52.0 Å². The molecule has 0 saturated carbocycles. The van der Waals surface area contributed by atoms with Crippen molar-refractivity contribution in [2.45, 2.75) is 11.4 Å². The van der Waals surface area contributed by atoms with Crippen LogP contribution in [0.3, 0.4) is 0 Å². The lowest BCUT2D eigenvalue weighted by molar-refractivity contribution is 0.404. The van der Waals surface area contributed by atoms with E-state index < -0.39 is 20.7 Å². The molecule has 3 rings (SSSR count). The van der Waals surface area contributed by atoms with Crippen LogP contribution in [0.2, 0.25) is 5.15 Å². The van der Waals surface area contributed by atoms with Gasteiger partial charge in [0, 0.05) is 18.5 Å². The van der Waals surface area contributed by atoms with Crippen molar-refractivity contribution in [3.8, 4) is 0 Å². The van der Waals surface area contributed by atoms with Crippen LogP contribution in [0.5, 0.6) is 0 Å². The van der Waals surface area contributed by atoms with Crippen LogP contribution in [-0.4, -0.2) is 24.8 Å². The fourth-order valence-electron chi connectivity index (χ4n) is 2.17. The van der Waals surface area contributed by atoms with Gasteiger partial charge < -0.3 is 4.42 Å². The van der Waals surface area contributed by atoms with Crippen molar-refractivity contribution in [2.24, 2.45) is 0 Å². The number of rotatable bonds is 4. The van der Waals surface area contributed by atoms with Crippen LogP contribution in [0.4, 0.5) is 4.39 Å². The first-order valence-corrected chi connectivity index (χ1v) is 8.44. The van der Waals surface area contributed by atoms with Gasteiger partial charge in [0.2, 0.25) is 10.0 Å². The zero-order valence-electron chi connectivity index (χ0n) is 12.0. The first kappa shape index (κ1) is 15.9. The first-order chi connectivity index (χ1) is 10.9.